The van der Waals surface area contributed by atoms with Crippen LogP contribution in [0.4, 0.5) is 4.79 Å². The van der Waals surface area contributed by atoms with Gasteiger partial charge in [-0.25, -0.2) is 4.79 Å². The van der Waals surface area contributed by atoms with E-state index in [9.17, 15) is 4.79 Å². The number of rotatable bonds is 2. The molecule has 18 heavy (non-hydrogen) atoms. The Kier molecular flexibility index (Phi) is 2.77. The number of carbonyl (C=O) groups is 1. The highest BCUT2D eigenvalue weighted by Crippen LogP contribution is 2.36. The van der Waals surface area contributed by atoms with Gasteiger partial charge in [-0.1, -0.05) is 24.3 Å². The highest BCUT2D eigenvalue weighted by atomic mass is 16.2. The number of hydrogen-bond acceptors (Lipinski definition) is 1. The number of aryl methyl sites for hydroxylation is 1. The zero-order valence-electron chi connectivity index (χ0n) is 11.0. The fourth-order valence-electron chi connectivity index (χ4n) is 3.26. The molecule has 2 atom stereocenters. The molecular formula is C15H20N2O. The molecule has 3 heteroatoms. The molecular weight excluding hydrogens is 224 g/mol. The molecule has 0 bridgehead atoms. The maximum atomic E-state index is 11.9. The van der Waals surface area contributed by atoms with Crippen molar-refractivity contribution in [3.63, 3.8) is 0 Å². The molecule has 1 aliphatic carbocycles. The summed E-state index contributed by atoms with van der Waals surface area (Å²) in [6, 6.07) is 9.31. The predicted octanol–water partition coefficient (Wildman–Crippen LogP) is 2.52. The van der Waals surface area contributed by atoms with Crippen LogP contribution >= 0.6 is 0 Å². The number of amides is 2. The van der Waals surface area contributed by atoms with Crippen molar-refractivity contribution < 1.29 is 4.79 Å². The van der Waals surface area contributed by atoms with Gasteiger partial charge in [0, 0.05) is 18.5 Å². The lowest BCUT2D eigenvalue weighted by Crippen LogP contribution is -2.34. The van der Waals surface area contributed by atoms with E-state index in [1.165, 1.54) is 11.1 Å². The second-order valence-corrected chi connectivity index (χ2v) is 5.65. The van der Waals surface area contributed by atoms with Crippen molar-refractivity contribution in [1.29, 1.82) is 0 Å². The maximum absolute atomic E-state index is 11.9. The smallest absolute Gasteiger partial charge is 0.317 e. The van der Waals surface area contributed by atoms with E-state index >= 15 is 0 Å². The minimum Gasteiger partial charge on any atom is -0.333 e. The van der Waals surface area contributed by atoms with E-state index in [1.54, 1.807) is 0 Å². The van der Waals surface area contributed by atoms with Gasteiger partial charge in [0.05, 0.1) is 6.04 Å². The predicted molar refractivity (Wildman–Crippen MR) is 71.7 cm³/mol. The summed E-state index contributed by atoms with van der Waals surface area (Å²) in [6.07, 6.45) is 2.31. The lowest BCUT2D eigenvalue weighted by Gasteiger charge is -2.21. The largest absolute Gasteiger partial charge is 0.333 e. The highest BCUT2D eigenvalue weighted by molar-refractivity contribution is 5.77. The molecule has 1 saturated heterocycles. The summed E-state index contributed by atoms with van der Waals surface area (Å²) in [5.74, 6) is 0.494. The van der Waals surface area contributed by atoms with Crippen LogP contribution < -0.4 is 5.32 Å². The molecule has 2 amide bonds. The molecule has 1 fully saturated rings. The van der Waals surface area contributed by atoms with Crippen LogP contribution in [-0.2, 0) is 6.42 Å². The van der Waals surface area contributed by atoms with Gasteiger partial charge in [0.2, 0.25) is 0 Å². The summed E-state index contributed by atoms with van der Waals surface area (Å²) in [4.78, 5) is 13.8. The van der Waals surface area contributed by atoms with Gasteiger partial charge in [0.25, 0.3) is 0 Å². The third kappa shape index (κ3) is 1.78. The maximum Gasteiger partial charge on any atom is 0.317 e. The van der Waals surface area contributed by atoms with Crippen molar-refractivity contribution in [2.24, 2.45) is 0 Å². The summed E-state index contributed by atoms with van der Waals surface area (Å²) in [5.41, 5.74) is 2.90. The number of benzene rings is 1. The van der Waals surface area contributed by atoms with Crippen LogP contribution in [0.5, 0.6) is 0 Å². The Hall–Kier alpha value is -1.51. The van der Waals surface area contributed by atoms with Crippen LogP contribution in [-0.4, -0.2) is 29.6 Å². The lowest BCUT2D eigenvalue weighted by molar-refractivity contribution is 0.205. The van der Waals surface area contributed by atoms with Gasteiger partial charge in [-0.05, 0) is 37.8 Å². The fraction of sp³-hybridized carbons (Fsp3) is 0.533. The SMILES string of the molecule is CC(C)N1CC(C2CCc3ccccc32)NC1=O. The molecule has 2 aliphatic rings. The first-order valence-electron chi connectivity index (χ1n) is 6.81. The number of fused-ring (bicyclic) bond motifs is 1. The van der Waals surface area contributed by atoms with Crippen LogP contribution in [0.2, 0.25) is 0 Å². The standard InChI is InChI=1S/C15H20N2O/c1-10(2)17-9-14(16-15(17)18)13-8-7-11-5-3-4-6-12(11)13/h3-6,10,13-14H,7-9H2,1-2H3,(H,16,18). The molecule has 3 rings (SSSR count). The summed E-state index contributed by atoms with van der Waals surface area (Å²) in [5, 5.41) is 3.16. The molecule has 0 aromatic heterocycles. The first-order valence-corrected chi connectivity index (χ1v) is 6.81. The van der Waals surface area contributed by atoms with E-state index < -0.39 is 0 Å². The minimum absolute atomic E-state index is 0.0966. The Morgan fingerprint density at radius 2 is 2.11 bits per heavy atom. The van der Waals surface area contributed by atoms with Crippen LogP contribution in [0.1, 0.15) is 37.3 Å². The number of carbonyl (C=O) groups excluding carboxylic acids is 1. The quantitative estimate of drug-likeness (QED) is 0.852. The zero-order valence-corrected chi connectivity index (χ0v) is 11.0. The van der Waals surface area contributed by atoms with Gasteiger partial charge in [0.15, 0.2) is 0 Å². The van der Waals surface area contributed by atoms with E-state index in [0.29, 0.717) is 5.92 Å². The number of nitrogens with zero attached hydrogens (tertiary/aromatic N) is 1. The van der Waals surface area contributed by atoms with E-state index in [2.05, 4.69) is 43.4 Å². The Bertz CT molecular complexity index is 469. The molecule has 1 N–H and O–H groups in total. The Morgan fingerprint density at radius 3 is 2.83 bits per heavy atom. The highest BCUT2D eigenvalue weighted by Gasteiger charge is 2.38. The van der Waals surface area contributed by atoms with Crippen LogP contribution in [0, 0.1) is 0 Å². The molecule has 2 unspecified atom stereocenters. The van der Waals surface area contributed by atoms with E-state index in [-0.39, 0.29) is 18.1 Å². The van der Waals surface area contributed by atoms with Crippen LogP contribution in [0.3, 0.4) is 0 Å². The molecule has 0 spiro atoms. The molecule has 1 aliphatic heterocycles. The number of urea groups is 1. The summed E-state index contributed by atoms with van der Waals surface area (Å²) in [7, 11) is 0. The number of hydrogen-bond donors (Lipinski definition) is 1. The first kappa shape index (κ1) is 11.6. The molecule has 1 heterocycles. The topological polar surface area (TPSA) is 32.3 Å². The minimum atomic E-state index is 0.0966. The van der Waals surface area contributed by atoms with E-state index in [0.717, 1.165) is 19.4 Å². The Labute approximate surface area is 108 Å². The average molecular weight is 244 g/mol. The second-order valence-electron chi connectivity index (χ2n) is 5.65. The molecule has 0 saturated carbocycles. The summed E-state index contributed by atoms with van der Waals surface area (Å²) >= 11 is 0. The molecule has 0 radical (unpaired) electrons. The van der Waals surface area contributed by atoms with E-state index in [4.69, 9.17) is 0 Å². The first-order chi connectivity index (χ1) is 8.66. The third-order valence-electron chi connectivity index (χ3n) is 4.25. The van der Waals surface area contributed by atoms with Gasteiger partial charge >= 0.3 is 6.03 Å². The van der Waals surface area contributed by atoms with Crippen molar-refractivity contribution in [2.75, 3.05) is 6.54 Å². The third-order valence-corrected chi connectivity index (χ3v) is 4.25. The van der Waals surface area contributed by atoms with Crippen molar-refractivity contribution in [3.8, 4) is 0 Å². The van der Waals surface area contributed by atoms with Crippen molar-refractivity contribution in [1.82, 2.24) is 10.2 Å². The summed E-state index contributed by atoms with van der Waals surface area (Å²) < 4.78 is 0. The van der Waals surface area contributed by atoms with Gasteiger partial charge < -0.3 is 10.2 Å². The Balaban J connectivity index is 1.81. The second kappa shape index (κ2) is 4.30. The fourth-order valence-corrected chi connectivity index (χ4v) is 3.26. The normalized spacial score (nSPS) is 26.6. The molecule has 3 nitrogen and oxygen atoms in total. The Morgan fingerprint density at radius 1 is 1.33 bits per heavy atom. The summed E-state index contributed by atoms with van der Waals surface area (Å²) in [6.45, 7) is 4.99. The van der Waals surface area contributed by atoms with Gasteiger partial charge in [-0.2, -0.15) is 0 Å². The zero-order chi connectivity index (χ0) is 12.7. The van der Waals surface area contributed by atoms with Crippen molar-refractivity contribution >= 4 is 6.03 Å². The van der Waals surface area contributed by atoms with Crippen molar-refractivity contribution in [3.05, 3.63) is 35.4 Å². The van der Waals surface area contributed by atoms with Crippen molar-refractivity contribution in [2.45, 2.75) is 44.7 Å². The monoisotopic (exact) mass is 244 g/mol. The molecule has 96 valence electrons. The van der Waals surface area contributed by atoms with Crippen LogP contribution in [0.15, 0.2) is 24.3 Å². The molecule has 1 aromatic carbocycles. The number of nitrogens with one attached hydrogen (secondary N) is 1. The van der Waals surface area contributed by atoms with E-state index in [1.807, 2.05) is 4.90 Å². The van der Waals surface area contributed by atoms with Gasteiger partial charge in [-0.3, -0.25) is 0 Å². The molecule has 1 aromatic rings. The lowest BCUT2D eigenvalue weighted by atomic mass is 9.93. The van der Waals surface area contributed by atoms with Gasteiger partial charge in [0.1, 0.15) is 0 Å². The van der Waals surface area contributed by atoms with Crippen LogP contribution in [0.25, 0.3) is 0 Å². The van der Waals surface area contributed by atoms with Gasteiger partial charge in [-0.15, -0.1) is 0 Å². The average Bonchev–Trinajstić information content (AvgIpc) is 2.92.